The summed E-state index contributed by atoms with van der Waals surface area (Å²) in [7, 11) is 0. The van der Waals surface area contributed by atoms with Crippen LogP contribution in [-0.2, 0) is 11.4 Å². The average Bonchev–Trinajstić information content (AvgIpc) is 2.36. The molecule has 4 heteroatoms. The van der Waals surface area contributed by atoms with Gasteiger partial charge in [-0.15, -0.1) is 0 Å². The molecule has 0 aliphatic rings. The van der Waals surface area contributed by atoms with Crippen molar-refractivity contribution in [2.24, 2.45) is 0 Å². The van der Waals surface area contributed by atoms with Gasteiger partial charge in [0.1, 0.15) is 0 Å². The van der Waals surface area contributed by atoms with Crippen molar-refractivity contribution in [3.63, 3.8) is 0 Å². The molecule has 1 aromatic rings. The minimum absolute atomic E-state index is 0.00353. The number of aryl methyl sites for hydroxylation is 1. The first-order chi connectivity index (χ1) is 8.62. The summed E-state index contributed by atoms with van der Waals surface area (Å²) >= 11 is 0. The van der Waals surface area contributed by atoms with Gasteiger partial charge < -0.3 is 15.3 Å². The highest BCUT2D eigenvalue weighted by Crippen LogP contribution is 2.21. The maximum Gasteiger partial charge on any atom is 0.239 e. The number of aliphatic hydroxyl groups is 1. The SMILES string of the molecule is CCNC(=O)CN(CC)c1ccc(C)cc1CO. The second kappa shape index (κ2) is 7.01. The number of carbonyl (C=O) groups excluding carboxylic acids is 1. The second-order valence-corrected chi connectivity index (χ2v) is 4.26. The molecule has 0 spiro atoms. The lowest BCUT2D eigenvalue weighted by Gasteiger charge is -2.25. The van der Waals surface area contributed by atoms with Gasteiger partial charge in [-0.05, 0) is 26.8 Å². The van der Waals surface area contributed by atoms with E-state index in [2.05, 4.69) is 5.32 Å². The number of rotatable bonds is 6. The molecule has 0 fully saturated rings. The third-order valence-electron chi connectivity index (χ3n) is 2.84. The largest absolute Gasteiger partial charge is 0.392 e. The highest BCUT2D eigenvalue weighted by molar-refractivity contribution is 5.81. The molecule has 0 atom stereocenters. The van der Waals surface area contributed by atoms with Crippen LogP contribution in [0.15, 0.2) is 18.2 Å². The van der Waals surface area contributed by atoms with E-state index in [1.807, 2.05) is 43.9 Å². The molecule has 4 nitrogen and oxygen atoms in total. The fraction of sp³-hybridized carbons (Fsp3) is 0.500. The van der Waals surface area contributed by atoms with E-state index >= 15 is 0 Å². The van der Waals surface area contributed by atoms with Crippen LogP contribution in [0.25, 0.3) is 0 Å². The van der Waals surface area contributed by atoms with E-state index < -0.39 is 0 Å². The third-order valence-corrected chi connectivity index (χ3v) is 2.84. The number of amides is 1. The van der Waals surface area contributed by atoms with Crippen molar-refractivity contribution >= 4 is 11.6 Å². The van der Waals surface area contributed by atoms with Crippen LogP contribution in [0.2, 0.25) is 0 Å². The first-order valence-corrected chi connectivity index (χ1v) is 6.34. The first-order valence-electron chi connectivity index (χ1n) is 6.34. The number of benzene rings is 1. The number of likely N-dealkylation sites (N-methyl/N-ethyl adjacent to an activating group) is 2. The smallest absolute Gasteiger partial charge is 0.239 e. The number of hydrogen-bond donors (Lipinski definition) is 2. The zero-order valence-electron chi connectivity index (χ0n) is 11.4. The van der Waals surface area contributed by atoms with Crippen molar-refractivity contribution in [3.8, 4) is 0 Å². The van der Waals surface area contributed by atoms with Crippen molar-refractivity contribution in [3.05, 3.63) is 29.3 Å². The van der Waals surface area contributed by atoms with Gasteiger partial charge >= 0.3 is 0 Å². The minimum atomic E-state index is -0.0110. The Morgan fingerprint density at radius 3 is 2.67 bits per heavy atom. The Labute approximate surface area is 109 Å². The lowest BCUT2D eigenvalue weighted by atomic mass is 10.1. The number of anilines is 1. The molecule has 100 valence electrons. The molecule has 0 aliphatic heterocycles. The number of aliphatic hydroxyl groups excluding tert-OH is 1. The fourth-order valence-corrected chi connectivity index (χ4v) is 1.94. The summed E-state index contributed by atoms with van der Waals surface area (Å²) in [6.45, 7) is 7.57. The molecule has 1 amide bonds. The summed E-state index contributed by atoms with van der Waals surface area (Å²) in [5, 5.41) is 12.2. The summed E-state index contributed by atoms with van der Waals surface area (Å²) in [6.07, 6.45) is 0. The molecule has 2 N–H and O–H groups in total. The Morgan fingerprint density at radius 2 is 2.11 bits per heavy atom. The molecule has 0 unspecified atom stereocenters. The van der Waals surface area contributed by atoms with Gasteiger partial charge in [0.25, 0.3) is 0 Å². The van der Waals surface area contributed by atoms with E-state index in [-0.39, 0.29) is 12.5 Å². The van der Waals surface area contributed by atoms with Crippen LogP contribution in [0.5, 0.6) is 0 Å². The predicted molar refractivity (Wildman–Crippen MR) is 73.7 cm³/mol. The molecule has 0 heterocycles. The first kappa shape index (κ1) is 14.5. The average molecular weight is 250 g/mol. The standard InChI is InChI=1S/C14H22N2O2/c1-4-15-14(18)9-16(5-2)13-7-6-11(3)8-12(13)10-17/h6-8,17H,4-5,9-10H2,1-3H3,(H,15,18). The Hall–Kier alpha value is -1.55. The maximum absolute atomic E-state index is 11.6. The lowest BCUT2D eigenvalue weighted by Crippen LogP contribution is -2.37. The minimum Gasteiger partial charge on any atom is -0.392 e. The summed E-state index contributed by atoms with van der Waals surface area (Å²) in [4.78, 5) is 13.6. The van der Waals surface area contributed by atoms with E-state index in [0.717, 1.165) is 23.4 Å². The van der Waals surface area contributed by atoms with Crippen LogP contribution in [0.1, 0.15) is 25.0 Å². The van der Waals surface area contributed by atoms with Crippen molar-refractivity contribution < 1.29 is 9.90 Å². The quantitative estimate of drug-likeness (QED) is 0.803. The maximum atomic E-state index is 11.6. The van der Waals surface area contributed by atoms with Gasteiger partial charge in [0.2, 0.25) is 5.91 Å². The van der Waals surface area contributed by atoms with Crippen LogP contribution in [-0.4, -0.2) is 30.6 Å². The zero-order valence-corrected chi connectivity index (χ0v) is 11.4. The second-order valence-electron chi connectivity index (χ2n) is 4.26. The van der Waals surface area contributed by atoms with E-state index in [1.165, 1.54) is 0 Å². The van der Waals surface area contributed by atoms with E-state index in [1.54, 1.807) is 0 Å². The van der Waals surface area contributed by atoms with Gasteiger partial charge in [0, 0.05) is 24.3 Å². The monoisotopic (exact) mass is 250 g/mol. The van der Waals surface area contributed by atoms with Gasteiger partial charge in [0.15, 0.2) is 0 Å². The van der Waals surface area contributed by atoms with Gasteiger partial charge in [-0.1, -0.05) is 17.7 Å². The summed E-state index contributed by atoms with van der Waals surface area (Å²) < 4.78 is 0. The Bertz CT molecular complexity index is 405. The van der Waals surface area contributed by atoms with Crippen LogP contribution < -0.4 is 10.2 Å². The molecule has 0 aromatic heterocycles. The number of nitrogens with zero attached hydrogens (tertiary/aromatic N) is 1. The van der Waals surface area contributed by atoms with Crippen LogP contribution in [0, 0.1) is 6.92 Å². The topological polar surface area (TPSA) is 52.6 Å². The van der Waals surface area contributed by atoms with Gasteiger partial charge in [0.05, 0.1) is 13.2 Å². The lowest BCUT2D eigenvalue weighted by molar-refractivity contribution is -0.119. The van der Waals surface area contributed by atoms with Gasteiger partial charge in [-0.3, -0.25) is 4.79 Å². The van der Waals surface area contributed by atoms with Gasteiger partial charge in [-0.25, -0.2) is 0 Å². The van der Waals surface area contributed by atoms with Crippen molar-refractivity contribution in [1.29, 1.82) is 0 Å². The highest BCUT2D eigenvalue weighted by Gasteiger charge is 2.12. The van der Waals surface area contributed by atoms with E-state index in [9.17, 15) is 9.90 Å². The fourth-order valence-electron chi connectivity index (χ4n) is 1.94. The van der Waals surface area contributed by atoms with Crippen LogP contribution in [0.4, 0.5) is 5.69 Å². The molecule has 18 heavy (non-hydrogen) atoms. The van der Waals surface area contributed by atoms with E-state index in [0.29, 0.717) is 13.1 Å². The molecule has 1 rings (SSSR count). The molecule has 0 aliphatic carbocycles. The number of nitrogens with one attached hydrogen (secondary N) is 1. The van der Waals surface area contributed by atoms with E-state index in [4.69, 9.17) is 0 Å². The van der Waals surface area contributed by atoms with Crippen molar-refractivity contribution in [2.45, 2.75) is 27.4 Å². The molecule has 1 aromatic carbocycles. The Kier molecular flexibility index (Phi) is 5.65. The van der Waals surface area contributed by atoms with Crippen LogP contribution in [0.3, 0.4) is 0 Å². The molecule has 0 bridgehead atoms. The van der Waals surface area contributed by atoms with Gasteiger partial charge in [-0.2, -0.15) is 0 Å². The predicted octanol–water partition coefficient (Wildman–Crippen LogP) is 1.45. The number of carbonyl (C=O) groups is 1. The summed E-state index contributed by atoms with van der Waals surface area (Å²) in [5.41, 5.74) is 2.90. The summed E-state index contributed by atoms with van der Waals surface area (Å²) in [5.74, 6) is 0.00353. The molecular formula is C14H22N2O2. The Balaban J connectivity index is 2.90. The normalized spacial score (nSPS) is 10.2. The zero-order chi connectivity index (χ0) is 13.5. The summed E-state index contributed by atoms with van der Waals surface area (Å²) in [6, 6.07) is 5.91. The molecule has 0 saturated heterocycles. The van der Waals surface area contributed by atoms with Crippen LogP contribution >= 0.6 is 0 Å². The molecular weight excluding hydrogens is 228 g/mol. The number of hydrogen-bond acceptors (Lipinski definition) is 3. The highest BCUT2D eigenvalue weighted by atomic mass is 16.3. The van der Waals surface area contributed by atoms with Crippen molar-refractivity contribution in [1.82, 2.24) is 5.32 Å². The molecule has 0 radical (unpaired) electrons. The van der Waals surface area contributed by atoms with Crippen molar-refractivity contribution in [2.75, 3.05) is 24.5 Å². The Morgan fingerprint density at radius 1 is 1.39 bits per heavy atom. The molecule has 0 saturated carbocycles. The third kappa shape index (κ3) is 3.74.